The average molecular weight is 666 g/mol. The number of alkyl halides is 2. The molecule has 0 saturated heterocycles. The number of pyridine rings is 1. The number of hydrogen-bond acceptors (Lipinski definition) is 8. The van der Waals surface area contributed by atoms with E-state index in [0.717, 1.165) is 29.3 Å². The Morgan fingerprint density at radius 1 is 1.04 bits per heavy atom. The molecule has 0 unspecified atom stereocenters. The summed E-state index contributed by atoms with van der Waals surface area (Å²) in [5, 5.41) is 5.17. The molecule has 3 aromatic heterocycles. The van der Waals surface area contributed by atoms with Crippen LogP contribution in [0.3, 0.4) is 0 Å². The summed E-state index contributed by atoms with van der Waals surface area (Å²) in [7, 11) is 0. The van der Waals surface area contributed by atoms with E-state index in [1.807, 2.05) is 0 Å². The number of anilines is 2. The maximum atomic E-state index is 15.1. The molecule has 5 aromatic rings. The molecule has 0 fully saturated rings. The quantitative estimate of drug-likeness (QED) is 0.130. The molecule has 0 bridgehead atoms. The second kappa shape index (κ2) is 14.2. The molecule has 0 aliphatic heterocycles. The molecule has 0 saturated carbocycles. The van der Waals surface area contributed by atoms with Crippen LogP contribution in [0, 0.1) is 18.6 Å². The van der Waals surface area contributed by atoms with Crippen LogP contribution in [0.4, 0.5) is 33.9 Å². The predicted octanol–water partition coefficient (Wildman–Crippen LogP) is 8.23. The van der Waals surface area contributed by atoms with Crippen molar-refractivity contribution < 1.29 is 36.6 Å². The van der Waals surface area contributed by atoms with E-state index < -0.39 is 35.4 Å². The second-order valence-corrected chi connectivity index (χ2v) is 11.5. The molecule has 1 radical (unpaired) electrons. The normalized spacial score (nSPS) is 11.6. The molecule has 14 heteroatoms. The summed E-state index contributed by atoms with van der Waals surface area (Å²) in [4.78, 5) is 27.5. The standard InChI is InChI=1S/C34H33F4N6O4/c1-6-14-47-28-18-40-31(41-32(28)44(33(45)48-34(3,4)5)20-12-13-39-26(15-20)30(37)38)29-22-10-8-9-11-27(22)43(42-29)19-23-24(35)16-21(46-7-2)17-25(23)36/h8-13,15-18,30H,1,6-7,14,19H2,2-5H3. The van der Waals surface area contributed by atoms with Crippen LogP contribution in [-0.2, 0) is 11.3 Å². The van der Waals surface area contributed by atoms with Crippen molar-refractivity contribution in [1.82, 2.24) is 24.7 Å². The summed E-state index contributed by atoms with van der Waals surface area (Å²) in [5.74, 6) is -1.64. The second-order valence-electron chi connectivity index (χ2n) is 11.5. The number of para-hydroxylation sites is 1. The summed E-state index contributed by atoms with van der Waals surface area (Å²) < 4.78 is 75.7. The highest BCUT2D eigenvalue weighted by molar-refractivity contribution is 5.97. The molecule has 2 aromatic carbocycles. The topological polar surface area (TPSA) is 104 Å². The molecule has 0 aliphatic carbocycles. The number of halogens is 4. The van der Waals surface area contributed by atoms with Crippen LogP contribution < -0.4 is 14.4 Å². The number of benzene rings is 2. The van der Waals surface area contributed by atoms with Crippen molar-refractivity contribution in [2.75, 3.05) is 18.1 Å². The lowest BCUT2D eigenvalue weighted by molar-refractivity contribution is 0.0596. The van der Waals surface area contributed by atoms with Gasteiger partial charge in [0.2, 0.25) is 0 Å². The van der Waals surface area contributed by atoms with Crippen LogP contribution in [0.2, 0.25) is 0 Å². The molecule has 48 heavy (non-hydrogen) atoms. The molecule has 0 atom stereocenters. The molecule has 1 amide bonds. The molecule has 3 heterocycles. The van der Waals surface area contributed by atoms with Crippen molar-refractivity contribution in [3.05, 3.63) is 90.7 Å². The summed E-state index contributed by atoms with van der Waals surface area (Å²) in [5.41, 5.74) is -1.07. The van der Waals surface area contributed by atoms with Gasteiger partial charge in [0.15, 0.2) is 17.4 Å². The summed E-state index contributed by atoms with van der Waals surface area (Å²) >= 11 is 0. The lowest BCUT2D eigenvalue weighted by Crippen LogP contribution is -2.34. The van der Waals surface area contributed by atoms with Gasteiger partial charge in [0.1, 0.15) is 34.4 Å². The first-order valence-electron chi connectivity index (χ1n) is 15.0. The highest BCUT2D eigenvalue weighted by Crippen LogP contribution is 2.37. The first-order valence-corrected chi connectivity index (χ1v) is 15.0. The van der Waals surface area contributed by atoms with Crippen LogP contribution in [0.25, 0.3) is 22.4 Å². The average Bonchev–Trinajstić information content (AvgIpc) is 3.40. The zero-order valence-corrected chi connectivity index (χ0v) is 26.7. The van der Waals surface area contributed by atoms with Gasteiger partial charge in [-0.3, -0.25) is 9.67 Å². The Labute approximate surface area is 274 Å². The van der Waals surface area contributed by atoms with Crippen molar-refractivity contribution in [1.29, 1.82) is 0 Å². The largest absolute Gasteiger partial charge is 0.494 e. The highest BCUT2D eigenvalue weighted by atomic mass is 19.3. The Morgan fingerprint density at radius 3 is 2.44 bits per heavy atom. The van der Waals surface area contributed by atoms with E-state index in [4.69, 9.17) is 14.2 Å². The fourth-order valence-corrected chi connectivity index (χ4v) is 4.78. The van der Waals surface area contributed by atoms with Crippen molar-refractivity contribution in [2.24, 2.45) is 0 Å². The number of carbonyl (C=O) groups is 1. The van der Waals surface area contributed by atoms with Crippen molar-refractivity contribution >= 4 is 28.5 Å². The number of aromatic nitrogens is 5. The smallest absolute Gasteiger partial charge is 0.420 e. The zero-order valence-electron chi connectivity index (χ0n) is 26.7. The van der Waals surface area contributed by atoms with Crippen LogP contribution >= 0.6 is 0 Å². The molecule has 5 rings (SSSR count). The minimum atomic E-state index is -2.92. The van der Waals surface area contributed by atoms with E-state index in [0.29, 0.717) is 17.3 Å². The first kappa shape index (κ1) is 34.1. The monoisotopic (exact) mass is 665 g/mol. The predicted molar refractivity (Wildman–Crippen MR) is 170 cm³/mol. The summed E-state index contributed by atoms with van der Waals surface area (Å²) in [6, 6.07) is 11.6. The fraction of sp³-hybridized carbons (Fsp3) is 0.294. The van der Waals surface area contributed by atoms with E-state index in [2.05, 4.69) is 27.0 Å². The van der Waals surface area contributed by atoms with Gasteiger partial charge in [-0.05, 0) is 59.2 Å². The molecule has 10 nitrogen and oxygen atoms in total. The number of nitrogens with zero attached hydrogens (tertiary/aromatic N) is 6. The molecular weight excluding hydrogens is 632 g/mol. The third kappa shape index (κ3) is 7.48. The Morgan fingerprint density at radius 2 is 1.77 bits per heavy atom. The summed E-state index contributed by atoms with van der Waals surface area (Å²) in [6.07, 6.45) is -1.05. The van der Waals surface area contributed by atoms with Gasteiger partial charge in [-0.15, -0.1) is 0 Å². The van der Waals surface area contributed by atoms with Gasteiger partial charge >= 0.3 is 6.09 Å². The fourth-order valence-electron chi connectivity index (χ4n) is 4.78. The first-order chi connectivity index (χ1) is 22.9. The van der Waals surface area contributed by atoms with Gasteiger partial charge in [-0.25, -0.2) is 37.2 Å². The van der Waals surface area contributed by atoms with Crippen LogP contribution in [-0.4, -0.2) is 49.6 Å². The third-order valence-electron chi connectivity index (χ3n) is 6.78. The maximum Gasteiger partial charge on any atom is 0.420 e. The molecule has 0 spiro atoms. The number of hydrogen-bond donors (Lipinski definition) is 0. The van der Waals surface area contributed by atoms with Gasteiger partial charge in [-0.2, -0.15) is 5.10 Å². The van der Waals surface area contributed by atoms with Crippen LogP contribution in [0.5, 0.6) is 11.5 Å². The number of amides is 1. The SMILES string of the molecule is [CH2]CCOc1cnc(-c2nn(Cc3c(F)cc(OCC)cc3F)c3ccccc23)nc1N(C(=O)OC(C)(C)C)c1ccnc(C(F)F)c1. The van der Waals surface area contributed by atoms with Crippen molar-refractivity contribution in [3.63, 3.8) is 0 Å². The van der Waals surface area contributed by atoms with E-state index in [-0.39, 0.29) is 59.8 Å². The van der Waals surface area contributed by atoms with E-state index >= 15 is 8.78 Å². The Kier molecular flexibility index (Phi) is 10.1. The highest BCUT2D eigenvalue weighted by Gasteiger charge is 2.31. The lowest BCUT2D eigenvalue weighted by atomic mass is 10.1. The number of carbonyl (C=O) groups excluding carboxylic acids is 1. The van der Waals surface area contributed by atoms with Gasteiger partial charge < -0.3 is 14.2 Å². The number of rotatable bonds is 11. The Bertz CT molecular complexity index is 1910. The van der Waals surface area contributed by atoms with E-state index in [1.165, 1.54) is 16.9 Å². The summed E-state index contributed by atoms with van der Waals surface area (Å²) in [6.45, 7) is 10.5. The van der Waals surface area contributed by atoms with Gasteiger partial charge in [-0.1, -0.05) is 18.2 Å². The van der Waals surface area contributed by atoms with Crippen molar-refractivity contribution in [3.8, 4) is 23.0 Å². The number of ether oxygens (including phenoxy) is 3. The third-order valence-corrected chi connectivity index (χ3v) is 6.78. The van der Waals surface area contributed by atoms with Gasteiger partial charge in [0.05, 0.1) is 37.2 Å². The van der Waals surface area contributed by atoms with Gasteiger partial charge in [0, 0.05) is 29.3 Å². The minimum Gasteiger partial charge on any atom is -0.494 e. The minimum absolute atomic E-state index is 0.00580. The Hall–Kier alpha value is -5.27. The van der Waals surface area contributed by atoms with Gasteiger partial charge in [0.25, 0.3) is 6.43 Å². The van der Waals surface area contributed by atoms with Crippen molar-refractivity contribution in [2.45, 2.75) is 52.7 Å². The Balaban J connectivity index is 1.67. The zero-order chi connectivity index (χ0) is 34.6. The molecule has 0 N–H and O–H groups in total. The van der Waals surface area contributed by atoms with E-state index in [9.17, 15) is 13.6 Å². The molecule has 251 valence electrons. The number of fused-ring (bicyclic) bond motifs is 1. The maximum absolute atomic E-state index is 15.1. The van der Waals surface area contributed by atoms with Crippen LogP contribution in [0.1, 0.15) is 51.8 Å². The van der Waals surface area contributed by atoms with Crippen LogP contribution in [0.15, 0.2) is 60.9 Å². The van der Waals surface area contributed by atoms with E-state index in [1.54, 1.807) is 52.0 Å². The molecular formula is C34H33F4N6O4. The lowest BCUT2D eigenvalue weighted by Gasteiger charge is -2.28. The molecule has 0 aliphatic rings.